The molecule has 0 N–H and O–H groups in total. The van der Waals surface area contributed by atoms with Crippen LogP contribution in [0, 0.1) is 0 Å². The average molecular weight is 303 g/mol. The fourth-order valence-corrected chi connectivity index (χ4v) is 2.29. The van der Waals surface area contributed by atoms with Crippen molar-refractivity contribution in [1.29, 1.82) is 0 Å². The number of nitrogens with zero attached hydrogens (tertiary/aromatic N) is 2. The minimum absolute atomic E-state index is 0.156. The lowest BCUT2D eigenvalue weighted by Gasteiger charge is -2.20. The number of aromatic nitrogens is 1. The van der Waals surface area contributed by atoms with Gasteiger partial charge < -0.3 is 0 Å². The highest BCUT2D eigenvalue weighted by atomic mass is 35.5. The van der Waals surface area contributed by atoms with Crippen molar-refractivity contribution < 1.29 is 9.59 Å². The summed E-state index contributed by atoms with van der Waals surface area (Å²) in [6, 6.07) is 10.1. The summed E-state index contributed by atoms with van der Waals surface area (Å²) < 4.78 is 0. The molecule has 108 valence electrons. The van der Waals surface area contributed by atoms with Crippen molar-refractivity contribution in [3.63, 3.8) is 0 Å². The van der Waals surface area contributed by atoms with Crippen LogP contribution < -0.4 is 4.90 Å². The van der Waals surface area contributed by atoms with Gasteiger partial charge in [-0.15, -0.1) is 0 Å². The summed E-state index contributed by atoms with van der Waals surface area (Å²) in [5.74, 6) is 0.00844. The second kappa shape index (κ2) is 6.50. The first-order valence-electron chi connectivity index (χ1n) is 6.58. The monoisotopic (exact) mass is 302 g/mol. The molecule has 0 saturated carbocycles. The highest BCUT2D eigenvalue weighted by Crippen LogP contribution is 2.22. The second-order valence-electron chi connectivity index (χ2n) is 4.48. The fourth-order valence-electron chi connectivity index (χ4n) is 2.10. The molecule has 2 rings (SSSR count). The molecule has 0 aliphatic heterocycles. The highest BCUT2D eigenvalue weighted by molar-refractivity contribution is 6.31. The zero-order valence-corrected chi connectivity index (χ0v) is 12.6. The molecule has 0 bridgehead atoms. The summed E-state index contributed by atoms with van der Waals surface area (Å²) in [5.41, 5.74) is 0.855. The van der Waals surface area contributed by atoms with Gasteiger partial charge in [-0.3, -0.25) is 14.5 Å². The number of anilines is 1. The third kappa shape index (κ3) is 3.28. The van der Waals surface area contributed by atoms with Crippen LogP contribution in [0.2, 0.25) is 5.02 Å². The number of hydrogen-bond acceptors (Lipinski definition) is 3. The van der Waals surface area contributed by atoms with Gasteiger partial charge in [0.15, 0.2) is 5.78 Å². The number of rotatable bonds is 4. The van der Waals surface area contributed by atoms with Gasteiger partial charge in [0.1, 0.15) is 5.82 Å². The van der Waals surface area contributed by atoms with Crippen molar-refractivity contribution in [1.82, 2.24) is 4.98 Å². The summed E-state index contributed by atoms with van der Waals surface area (Å²) in [6.07, 6.45) is 1.57. The van der Waals surface area contributed by atoms with Gasteiger partial charge in [-0.05, 0) is 31.2 Å². The van der Waals surface area contributed by atoms with E-state index >= 15 is 0 Å². The topological polar surface area (TPSA) is 50.3 Å². The van der Waals surface area contributed by atoms with Crippen molar-refractivity contribution in [2.75, 3.05) is 11.4 Å². The van der Waals surface area contributed by atoms with Gasteiger partial charge in [0.25, 0.3) is 0 Å². The Bertz CT molecular complexity index is 685. The molecule has 1 aromatic carbocycles. The van der Waals surface area contributed by atoms with Crippen LogP contribution in [-0.4, -0.2) is 23.2 Å². The third-order valence-corrected chi connectivity index (χ3v) is 3.31. The molecule has 0 aliphatic carbocycles. The molecule has 5 heteroatoms. The van der Waals surface area contributed by atoms with E-state index in [1.165, 1.54) is 11.8 Å². The van der Waals surface area contributed by atoms with E-state index in [1.54, 1.807) is 42.6 Å². The van der Waals surface area contributed by atoms with E-state index in [2.05, 4.69) is 4.98 Å². The maximum absolute atomic E-state index is 12.6. The Morgan fingerprint density at radius 1 is 1.24 bits per heavy atom. The van der Waals surface area contributed by atoms with Gasteiger partial charge in [-0.1, -0.05) is 23.7 Å². The quantitative estimate of drug-likeness (QED) is 0.814. The molecular weight excluding hydrogens is 288 g/mol. The molecule has 0 radical (unpaired) electrons. The van der Waals surface area contributed by atoms with Crippen LogP contribution in [0.3, 0.4) is 0 Å². The van der Waals surface area contributed by atoms with Gasteiger partial charge in [0, 0.05) is 30.3 Å². The summed E-state index contributed by atoms with van der Waals surface area (Å²) in [5, 5.41) is 0.491. The number of ketones is 1. The van der Waals surface area contributed by atoms with Gasteiger partial charge >= 0.3 is 0 Å². The Morgan fingerprint density at radius 3 is 2.62 bits per heavy atom. The van der Waals surface area contributed by atoms with Crippen molar-refractivity contribution in [3.8, 4) is 0 Å². The molecule has 21 heavy (non-hydrogen) atoms. The lowest BCUT2D eigenvalue weighted by atomic mass is 10.0. The van der Waals surface area contributed by atoms with Crippen LogP contribution in [0.4, 0.5) is 5.82 Å². The number of carbonyl (C=O) groups excluding carboxylic acids is 2. The maximum Gasteiger partial charge on any atom is 0.225 e. The number of carbonyl (C=O) groups is 2. The van der Waals surface area contributed by atoms with Gasteiger partial charge in [0.2, 0.25) is 5.91 Å². The Labute approximate surface area is 128 Å². The van der Waals surface area contributed by atoms with E-state index in [9.17, 15) is 9.59 Å². The Morgan fingerprint density at radius 2 is 2.00 bits per heavy atom. The average Bonchev–Trinajstić information content (AvgIpc) is 2.47. The first-order valence-corrected chi connectivity index (χ1v) is 6.95. The van der Waals surface area contributed by atoms with Crippen molar-refractivity contribution in [2.45, 2.75) is 13.8 Å². The summed E-state index contributed by atoms with van der Waals surface area (Å²) in [4.78, 5) is 30.0. The molecule has 1 amide bonds. The summed E-state index contributed by atoms with van der Waals surface area (Å²) >= 11 is 5.92. The molecule has 0 atom stereocenters. The van der Waals surface area contributed by atoms with Crippen molar-refractivity contribution in [2.24, 2.45) is 0 Å². The number of hydrogen-bond donors (Lipinski definition) is 0. The molecule has 0 saturated heterocycles. The third-order valence-electron chi connectivity index (χ3n) is 3.07. The standard InChI is InChI=1S/C16H15ClN2O2/c1-3-19(11(2)20)16-14(8-5-9-18-16)15(21)12-6-4-7-13(17)10-12/h4-10H,3H2,1-2H3. The number of benzene rings is 1. The van der Waals surface area contributed by atoms with Gasteiger partial charge in [0.05, 0.1) is 5.56 Å². The molecule has 1 aromatic heterocycles. The van der Waals surface area contributed by atoms with E-state index in [0.29, 0.717) is 28.5 Å². The summed E-state index contributed by atoms with van der Waals surface area (Å²) in [7, 11) is 0. The van der Waals surface area contributed by atoms with E-state index in [4.69, 9.17) is 11.6 Å². The lowest BCUT2D eigenvalue weighted by molar-refractivity contribution is -0.116. The lowest BCUT2D eigenvalue weighted by Crippen LogP contribution is -2.30. The minimum atomic E-state index is -0.208. The van der Waals surface area contributed by atoms with E-state index in [1.807, 2.05) is 6.92 Å². The van der Waals surface area contributed by atoms with E-state index in [-0.39, 0.29) is 11.7 Å². The van der Waals surface area contributed by atoms with Crippen LogP contribution in [-0.2, 0) is 4.79 Å². The van der Waals surface area contributed by atoms with Crippen LogP contribution in [0.15, 0.2) is 42.6 Å². The molecule has 2 aromatic rings. The number of halogens is 1. The Balaban J connectivity index is 2.49. The van der Waals surface area contributed by atoms with E-state index < -0.39 is 0 Å². The molecule has 1 heterocycles. The molecule has 0 unspecified atom stereocenters. The fraction of sp³-hybridized carbons (Fsp3) is 0.188. The Kier molecular flexibility index (Phi) is 4.70. The highest BCUT2D eigenvalue weighted by Gasteiger charge is 2.20. The van der Waals surface area contributed by atoms with Gasteiger partial charge in [-0.2, -0.15) is 0 Å². The zero-order valence-electron chi connectivity index (χ0n) is 11.8. The van der Waals surface area contributed by atoms with Crippen LogP contribution in [0.1, 0.15) is 29.8 Å². The normalized spacial score (nSPS) is 10.2. The van der Waals surface area contributed by atoms with E-state index in [0.717, 1.165) is 0 Å². The molecule has 0 spiro atoms. The van der Waals surface area contributed by atoms with Crippen LogP contribution >= 0.6 is 11.6 Å². The minimum Gasteiger partial charge on any atom is -0.297 e. The molecule has 0 fully saturated rings. The summed E-state index contributed by atoms with van der Waals surface area (Å²) in [6.45, 7) is 3.73. The molecule has 0 aliphatic rings. The molecular formula is C16H15ClN2O2. The first kappa shape index (κ1) is 15.2. The van der Waals surface area contributed by atoms with Crippen molar-refractivity contribution >= 4 is 29.1 Å². The zero-order chi connectivity index (χ0) is 15.4. The predicted octanol–water partition coefficient (Wildman–Crippen LogP) is 3.34. The Hall–Kier alpha value is -2.20. The number of pyridine rings is 1. The maximum atomic E-state index is 12.6. The SMILES string of the molecule is CCN(C(C)=O)c1ncccc1C(=O)c1cccc(Cl)c1. The largest absolute Gasteiger partial charge is 0.297 e. The number of amides is 1. The second-order valence-corrected chi connectivity index (χ2v) is 4.91. The predicted molar refractivity (Wildman–Crippen MR) is 82.8 cm³/mol. The smallest absolute Gasteiger partial charge is 0.225 e. The van der Waals surface area contributed by atoms with Gasteiger partial charge in [-0.25, -0.2) is 4.98 Å². The van der Waals surface area contributed by atoms with Crippen LogP contribution in [0.25, 0.3) is 0 Å². The van der Waals surface area contributed by atoms with Crippen molar-refractivity contribution in [3.05, 3.63) is 58.7 Å². The van der Waals surface area contributed by atoms with Crippen LogP contribution in [0.5, 0.6) is 0 Å². The molecule has 4 nitrogen and oxygen atoms in total. The first-order chi connectivity index (χ1) is 10.0.